The van der Waals surface area contributed by atoms with Crippen molar-refractivity contribution in [2.24, 2.45) is 16.2 Å². The molecule has 0 spiro atoms. The summed E-state index contributed by atoms with van der Waals surface area (Å²) in [6.07, 6.45) is 7.51. The topological polar surface area (TPSA) is 102 Å². The van der Waals surface area contributed by atoms with Gasteiger partial charge in [-0.15, -0.1) is 0 Å². The monoisotopic (exact) mass is 343 g/mol. The van der Waals surface area contributed by atoms with Crippen LogP contribution >= 0.6 is 11.6 Å². The van der Waals surface area contributed by atoms with Crippen LogP contribution < -0.4 is 10.6 Å². The maximum atomic E-state index is 12.0. The molecule has 120 valence electrons. The van der Waals surface area contributed by atoms with Crippen LogP contribution in [0.4, 0.5) is 0 Å². The van der Waals surface area contributed by atoms with Crippen molar-refractivity contribution in [3.63, 3.8) is 0 Å². The number of hydrogen-bond acceptors (Lipinski definition) is 4. The second-order valence-corrected chi connectivity index (χ2v) is 7.24. The van der Waals surface area contributed by atoms with Gasteiger partial charge in [0.2, 0.25) is 10.0 Å². The van der Waals surface area contributed by atoms with Crippen molar-refractivity contribution in [2.45, 2.75) is 37.0 Å². The minimum absolute atomic E-state index is 0.0234. The number of sulfonamides is 1. The summed E-state index contributed by atoms with van der Waals surface area (Å²) in [6.45, 7) is 0. The molecule has 0 heterocycles. The van der Waals surface area contributed by atoms with Crippen molar-refractivity contribution in [1.29, 1.82) is 0 Å². The Morgan fingerprint density at radius 1 is 1.32 bits per heavy atom. The summed E-state index contributed by atoms with van der Waals surface area (Å²) in [7, 11) is -3.98. The van der Waals surface area contributed by atoms with Crippen LogP contribution in [0, 0.1) is 5.92 Å². The van der Waals surface area contributed by atoms with Crippen LogP contribution in [0.3, 0.4) is 0 Å². The molecule has 0 radical (unpaired) electrons. The van der Waals surface area contributed by atoms with Gasteiger partial charge in [-0.25, -0.2) is 19.0 Å². The Morgan fingerprint density at radius 2 is 2.00 bits per heavy atom. The molecule has 0 saturated heterocycles. The Kier molecular flexibility index (Phi) is 5.55. The van der Waals surface area contributed by atoms with Crippen molar-refractivity contribution < 1.29 is 13.2 Å². The van der Waals surface area contributed by atoms with E-state index < -0.39 is 15.9 Å². The lowest BCUT2D eigenvalue weighted by Crippen LogP contribution is -2.20. The van der Waals surface area contributed by atoms with Gasteiger partial charge >= 0.3 is 0 Å². The highest BCUT2D eigenvalue weighted by Gasteiger charge is 2.16. The third-order valence-corrected chi connectivity index (χ3v) is 4.99. The van der Waals surface area contributed by atoms with E-state index >= 15 is 0 Å². The summed E-state index contributed by atoms with van der Waals surface area (Å²) in [5.41, 5.74) is 2.53. The first-order valence-corrected chi connectivity index (χ1v) is 8.96. The fourth-order valence-electron chi connectivity index (χ4n) is 2.41. The van der Waals surface area contributed by atoms with Gasteiger partial charge < -0.3 is 0 Å². The van der Waals surface area contributed by atoms with E-state index in [4.69, 9.17) is 16.7 Å². The molecule has 0 aromatic heterocycles. The number of hydrazone groups is 1. The third kappa shape index (κ3) is 4.53. The second-order valence-electron chi connectivity index (χ2n) is 5.31. The SMILES string of the molecule is NS(=O)(=O)c1cc(C(=O)N/N=C\C2CCCCC2)ccc1Cl. The summed E-state index contributed by atoms with van der Waals surface area (Å²) in [6, 6.07) is 3.88. The van der Waals surface area contributed by atoms with Gasteiger partial charge in [0.1, 0.15) is 4.90 Å². The van der Waals surface area contributed by atoms with Crippen LogP contribution in [0.25, 0.3) is 0 Å². The quantitative estimate of drug-likeness (QED) is 0.647. The lowest BCUT2D eigenvalue weighted by Gasteiger charge is -2.16. The highest BCUT2D eigenvalue weighted by Crippen LogP contribution is 2.22. The molecule has 0 unspecified atom stereocenters. The molecule has 0 aliphatic heterocycles. The van der Waals surface area contributed by atoms with E-state index in [0.717, 1.165) is 18.9 Å². The summed E-state index contributed by atoms with van der Waals surface area (Å²) >= 11 is 5.77. The Balaban J connectivity index is 2.05. The first-order valence-electron chi connectivity index (χ1n) is 7.04. The van der Waals surface area contributed by atoms with E-state index in [1.165, 1.54) is 31.4 Å². The number of primary sulfonamides is 1. The van der Waals surface area contributed by atoms with E-state index in [2.05, 4.69) is 10.5 Å². The van der Waals surface area contributed by atoms with E-state index in [9.17, 15) is 13.2 Å². The van der Waals surface area contributed by atoms with Crippen LogP contribution in [0.1, 0.15) is 42.5 Å². The predicted molar refractivity (Wildman–Crippen MR) is 85.4 cm³/mol. The molecule has 1 amide bonds. The Labute approximate surface area is 134 Å². The average Bonchev–Trinajstić information content (AvgIpc) is 2.47. The minimum atomic E-state index is -3.98. The molecule has 0 bridgehead atoms. The number of nitrogens with one attached hydrogen (secondary N) is 1. The van der Waals surface area contributed by atoms with Gasteiger partial charge in [-0.3, -0.25) is 4.79 Å². The fraction of sp³-hybridized carbons (Fsp3) is 0.429. The third-order valence-electron chi connectivity index (χ3n) is 3.60. The number of nitrogens with two attached hydrogens (primary N) is 1. The highest BCUT2D eigenvalue weighted by molar-refractivity contribution is 7.89. The molecule has 1 saturated carbocycles. The normalized spacial score (nSPS) is 16.8. The van der Waals surface area contributed by atoms with E-state index in [1.807, 2.05) is 0 Å². The number of hydrogen-bond donors (Lipinski definition) is 2. The maximum absolute atomic E-state index is 12.0. The van der Waals surface area contributed by atoms with Crippen LogP contribution in [0.5, 0.6) is 0 Å². The first-order chi connectivity index (χ1) is 10.4. The summed E-state index contributed by atoms with van der Waals surface area (Å²) in [4.78, 5) is 11.7. The van der Waals surface area contributed by atoms with Crippen molar-refractivity contribution in [2.75, 3.05) is 0 Å². The number of halogens is 1. The standard InChI is InChI=1S/C14H18ClN3O3S/c15-12-7-6-11(8-13(12)22(16,20)21)14(19)18-17-9-10-4-2-1-3-5-10/h6-10H,1-5H2,(H,18,19)(H2,16,20,21)/b17-9-. The van der Waals surface area contributed by atoms with Crippen LogP contribution in [-0.4, -0.2) is 20.5 Å². The van der Waals surface area contributed by atoms with Crippen LogP contribution in [0.2, 0.25) is 5.02 Å². The van der Waals surface area contributed by atoms with Gasteiger partial charge in [-0.2, -0.15) is 5.10 Å². The molecular formula is C14H18ClN3O3S. The minimum Gasteiger partial charge on any atom is -0.267 e. The van der Waals surface area contributed by atoms with Gasteiger partial charge in [0, 0.05) is 11.8 Å². The zero-order valence-corrected chi connectivity index (χ0v) is 13.5. The molecule has 1 aromatic carbocycles. The molecular weight excluding hydrogens is 326 g/mol. The van der Waals surface area contributed by atoms with Crippen molar-refractivity contribution in [3.8, 4) is 0 Å². The van der Waals surface area contributed by atoms with Gasteiger partial charge in [0.15, 0.2) is 0 Å². The summed E-state index contributed by atoms with van der Waals surface area (Å²) < 4.78 is 22.8. The fourth-order valence-corrected chi connectivity index (χ4v) is 3.48. The van der Waals surface area contributed by atoms with Gasteiger partial charge in [-0.05, 0) is 37.0 Å². The zero-order valence-electron chi connectivity index (χ0n) is 12.0. The Morgan fingerprint density at radius 3 is 2.64 bits per heavy atom. The average molecular weight is 344 g/mol. The first kappa shape index (κ1) is 16.9. The van der Waals surface area contributed by atoms with Gasteiger partial charge in [0.05, 0.1) is 5.02 Å². The number of rotatable bonds is 4. The molecule has 1 fully saturated rings. The molecule has 6 nitrogen and oxygen atoms in total. The Hall–Kier alpha value is -1.44. The Bertz CT molecular complexity index is 683. The van der Waals surface area contributed by atoms with Crippen molar-refractivity contribution in [3.05, 3.63) is 28.8 Å². The van der Waals surface area contributed by atoms with E-state index in [1.54, 1.807) is 6.21 Å². The van der Waals surface area contributed by atoms with Crippen molar-refractivity contribution in [1.82, 2.24) is 5.43 Å². The molecule has 22 heavy (non-hydrogen) atoms. The highest BCUT2D eigenvalue weighted by atomic mass is 35.5. The number of carbonyl (C=O) groups excluding carboxylic acids is 1. The maximum Gasteiger partial charge on any atom is 0.271 e. The zero-order chi connectivity index (χ0) is 16.2. The number of carbonyl (C=O) groups is 1. The molecule has 8 heteroatoms. The molecule has 1 aliphatic carbocycles. The molecule has 1 aliphatic rings. The number of amides is 1. The largest absolute Gasteiger partial charge is 0.271 e. The summed E-state index contributed by atoms with van der Waals surface area (Å²) in [5, 5.41) is 8.97. The van der Waals surface area contributed by atoms with E-state index in [-0.39, 0.29) is 15.5 Å². The number of nitrogens with zero attached hydrogens (tertiary/aromatic N) is 1. The van der Waals surface area contributed by atoms with Crippen LogP contribution in [-0.2, 0) is 10.0 Å². The molecule has 1 aromatic rings. The molecule has 3 N–H and O–H groups in total. The predicted octanol–water partition coefficient (Wildman–Crippen LogP) is 2.28. The van der Waals surface area contributed by atoms with Crippen molar-refractivity contribution >= 4 is 33.7 Å². The lowest BCUT2D eigenvalue weighted by atomic mass is 9.90. The van der Waals surface area contributed by atoms with Crippen LogP contribution in [0.15, 0.2) is 28.2 Å². The lowest BCUT2D eigenvalue weighted by molar-refractivity contribution is 0.0954. The second kappa shape index (κ2) is 7.21. The smallest absolute Gasteiger partial charge is 0.267 e. The summed E-state index contributed by atoms with van der Waals surface area (Å²) in [5.74, 6) is -0.118. The number of benzene rings is 1. The molecule has 0 atom stereocenters. The van der Waals surface area contributed by atoms with E-state index in [0.29, 0.717) is 5.92 Å². The van der Waals surface area contributed by atoms with Gasteiger partial charge in [-0.1, -0.05) is 30.9 Å². The van der Waals surface area contributed by atoms with Gasteiger partial charge in [0.25, 0.3) is 5.91 Å². The molecule has 2 rings (SSSR count).